The second kappa shape index (κ2) is 13.3. The van der Waals surface area contributed by atoms with Crippen LogP contribution < -0.4 is 10.2 Å². The minimum Gasteiger partial charge on any atom is -0.444 e. The van der Waals surface area contributed by atoms with Crippen LogP contribution in [0.3, 0.4) is 0 Å². The molecule has 4 heterocycles. The molecule has 47 heavy (non-hydrogen) atoms. The van der Waals surface area contributed by atoms with Gasteiger partial charge in [0.15, 0.2) is 5.65 Å². The first kappa shape index (κ1) is 33.9. The number of nitrogens with zero attached hydrogens (tertiary/aromatic N) is 6. The fourth-order valence-electron chi connectivity index (χ4n) is 5.51. The number of hydrogen-bond donors (Lipinski definition) is 2. The van der Waals surface area contributed by atoms with Crippen LogP contribution >= 0.6 is 0 Å². The summed E-state index contributed by atoms with van der Waals surface area (Å²) in [7, 11) is 0. The minimum atomic E-state index is -0.745. The van der Waals surface area contributed by atoms with Crippen LogP contribution in [-0.2, 0) is 16.0 Å². The second-order valence-electron chi connectivity index (χ2n) is 14.5. The molecule has 1 aliphatic rings. The highest BCUT2D eigenvalue weighted by Crippen LogP contribution is 2.29. The van der Waals surface area contributed by atoms with E-state index >= 15 is 0 Å². The number of piperidine rings is 1. The molecular weight excluding hydrogens is 598 g/mol. The molecule has 3 aromatic heterocycles. The van der Waals surface area contributed by atoms with Crippen molar-refractivity contribution in [3.63, 3.8) is 0 Å². The zero-order chi connectivity index (χ0) is 34.1. The van der Waals surface area contributed by atoms with E-state index in [2.05, 4.69) is 24.3 Å². The van der Waals surface area contributed by atoms with E-state index in [4.69, 9.17) is 19.4 Å². The lowest BCUT2D eigenvalue weighted by atomic mass is 9.94. The molecule has 1 fully saturated rings. The zero-order valence-electron chi connectivity index (χ0n) is 28.6. The molecule has 0 radical (unpaired) electrons. The number of rotatable bonds is 7. The van der Waals surface area contributed by atoms with E-state index in [1.807, 2.05) is 77.9 Å². The van der Waals surface area contributed by atoms with Gasteiger partial charge in [0, 0.05) is 36.0 Å². The van der Waals surface area contributed by atoms with Gasteiger partial charge < -0.3 is 24.8 Å². The topological polar surface area (TPSA) is 134 Å². The molecule has 12 heteroatoms. The van der Waals surface area contributed by atoms with Gasteiger partial charge in [-0.3, -0.25) is 9.88 Å². The Bertz CT molecular complexity index is 1740. The number of β-amino-alcohol motifs (C(OH)–C–C–N with tert-alkyl or cyclic N) is 1. The maximum atomic E-state index is 13.9. The van der Waals surface area contributed by atoms with Crippen molar-refractivity contribution in [2.75, 3.05) is 29.9 Å². The van der Waals surface area contributed by atoms with Gasteiger partial charge >= 0.3 is 12.2 Å². The number of ether oxygens (including phenoxy) is 2. The van der Waals surface area contributed by atoms with Crippen LogP contribution in [0.4, 0.5) is 21.2 Å². The van der Waals surface area contributed by atoms with Crippen LogP contribution in [0.25, 0.3) is 16.6 Å². The fraction of sp³-hybridized carbons (Fsp3) is 0.514. The van der Waals surface area contributed by atoms with Crippen LogP contribution in [0.1, 0.15) is 79.0 Å². The number of pyridine rings is 1. The summed E-state index contributed by atoms with van der Waals surface area (Å²) in [6.45, 7) is 16.3. The van der Waals surface area contributed by atoms with Crippen molar-refractivity contribution < 1.29 is 24.2 Å². The Morgan fingerprint density at radius 3 is 2.45 bits per heavy atom. The summed E-state index contributed by atoms with van der Waals surface area (Å²) in [5.41, 5.74) is 1.70. The number of aliphatic hydroxyl groups is 1. The van der Waals surface area contributed by atoms with Crippen LogP contribution in [0.2, 0.25) is 0 Å². The van der Waals surface area contributed by atoms with E-state index in [0.717, 1.165) is 16.5 Å². The van der Waals surface area contributed by atoms with Gasteiger partial charge in [0.25, 0.3) is 0 Å². The Kier molecular flexibility index (Phi) is 9.63. The van der Waals surface area contributed by atoms with Crippen molar-refractivity contribution in [2.24, 2.45) is 5.92 Å². The lowest BCUT2D eigenvalue weighted by Gasteiger charge is -2.36. The van der Waals surface area contributed by atoms with E-state index < -0.39 is 29.5 Å². The third kappa shape index (κ3) is 8.29. The normalized spacial score (nSPS) is 17.3. The van der Waals surface area contributed by atoms with Gasteiger partial charge in [-0.25, -0.2) is 14.6 Å². The molecule has 0 spiro atoms. The quantitative estimate of drug-likeness (QED) is 0.235. The first-order valence-corrected chi connectivity index (χ1v) is 16.2. The van der Waals surface area contributed by atoms with Gasteiger partial charge in [0.1, 0.15) is 22.8 Å². The van der Waals surface area contributed by atoms with Crippen molar-refractivity contribution in [1.29, 1.82) is 0 Å². The summed E-state index contributed by atoms with van der Waals surface area (Å²) in [4.78, 5) is 39.3. The number of carbonyl (C=O) groups is 2. The zero-order valence-corrected chi connectivity index (χ0v) is 28.6. The third-order valence-electron chi connectivity index (χ3n) is 7.89. The van der Waals surface area contributed by atoms with Crippen molar-refractivity contribution in [3.05, 3.63) is 59.9 Å². The first-order chi connectivity index (χ1) is 22.1. The molecule has 2 atom stereocenters. The predicted octanol–water partition coefficient (Wildman–Crippen LogP) is 6.37. The molecule has 0 saturated carbocycles. The van der Waals surface area contributed by atoms with Gasteiger partial charge in [0.05, 0.1) is 36.6 Å². The number of hydrogen-bond acceptors (Lipinski definition) is 9. The average Bonchev–Trinajstić information content (AvgIpc) is 3.41. The maximum absolute atomic E-state index is 13.9. The molecule has 0 aliphatic carbocycles. The summed E-state index contributed by atoms with van der Waals surface area (Å²) >= 11 is 0. The third-order valence-corrected chi connectivity index (χ3v) is 7.89. The number of likely N-dealkylation sites (tertiary alicyclic amines) is 1. The summed E-state index contributed by atoms with van der Waals surface area (Å²) in [6, 6.07) is 13.5. The molecule has 2 N–H and O–H groups in total. The first-order valence-electron chi connectivity index (χ1n) is 16.2. The fourth-order valence-corrected chi connectivity index (χ4v) is 5.51. The number of benzene rings is 1. The van der Waals surface area contributed by atoms with Crippen LogP contribution in [0, 0.1) is 5.92 Å². The molecule has 5 rings (SSSR count). The number of para-hydroxylation sites is 1. The van der Waals surface area contributed by atoms with Crippen LogP contribution in [0.5, 0.6) is 0 Å². The van der Waals surface area contributed by atoms with Crippen LogP contribution in [-0.4, -0.2) is 78.7 Å². The summed E-state index contributed by atoms with van der Waals surface area (Å²) in [5, 5.41) is 20.0. The molecular formula is C35H47N7O5. The molecule has 1 saturated heterocycles. The average molecular weight is 646 g/mol. The van der Waals surface area contributed by atoms with E-state index in [0.29, 0.717) is 42.5 Å². The van der Waals surface area contributed by atoms with Crippen molar-refractivity contribution in [2.45, 2.75) is 91.6 Å². The molecule has 1 aromatic carbocycles. The van der Waals surface area contributed by atoms with E-state index in [1.54, 1.807) is 21.7 Å². The number of anilines is 2. The molecule has 1 aliphatic heterocycles. The highest BCUT2D eigenvalue weighted by atomic mass is 16.6. The Labute approximate surface area is 276 Å². The van der Waals surface area contributed by atoms with Gasteiger partial charge in [-0.1, -0.05) is 38.1 Å². The second-order valence-corrected chi connectivity index (χ2v) is 14.5. The molecule has 252 valence electrons. The number of aromatic nitrogens is 4. The maximum Gasteiger partial charge on any atom is 0.416 e. The van der Waals surface area contributed by atoms with Gasteiger partial charge in [-0.05, 0) is 66.0 Å². The smallest absolute Gasteiger partial charge is 0.416 e. The summed E-state index contributed by atoms with van der Waals surface area (Å²) in [6.07, 6.45) is 0.648. The Balaban J connectivity index is 1.45. The highest BCUT2D eigenvalue weighted by Gasteiger charge is 2.33. The number of carbonyl (C=O) groups excluding carboxylic acids is 2. The largest absolute Gasteiger partial charge is 0.444 e. The van der Waals surface area contributed by atoms with E-state index in [1.165, 1.54) is 4.90 Å². The molecule has 12 nitrogen and oxygen atoms in total. The number of nitrogens with one attached hydrogen (secondary N) is 1. The number of fused-ring (bicyclic) bond motifs is 2. The summed E-state index contributed by atoms with van der Waals surface area (Å²) in [5.74, 6) is 0.984. The molecule has 2 amide bonds. The summed E-state index contributed by atoms with van der Waals surface area (Å²) < 4.78 is 13.1. The van der Waals surface area contributed by atoms with Crippen LogP contribution in [0.15, 0.2) is 48.7 Å². The lowest BCUT2D eigenvalue weighted by Crippen LogP contribution is -2.49. The standard InChI is InChI=1S/C35H47N7O5/c1-22(2)26-19-37-42-30(41(33(45)47-35(6,7)8)20-25-14-13-23-11-9-10-12-27(23)38-25)17-29(39-31(26)42)36-18-24-15-16-40(21-28(24)43)32(44)46-34(3,4)5/h9-14,17,19,22,24,28,43H,15-16,18,20-21H2,1-8H3,(H,36,39)/t24-,28+/m1/s1. The van der Waals surface area contributed by atoms with Crippen molar-refractivity contribution in [3.8, 4) is 0 Å². The van der Waals surface area contributed by atoms with Crippen molar-refractivity contribution in [1.82, 2.24) is 24.5 Å². The minimum absolute atomic E-state index is 0.124. The highest BCUT2D eigenvalue weighted by molar-refractivity contribution is 5.88. The monoisotopic (exact) mass is 645 g/mol. The Morgan fingerprint density at radius 2 is 1.77 bits per heavy atom. The van der Waals surface area contributed by atoms with Gasteiger partial charge in [0.2, 0.25) is 0 Å². The van der Waals surface area contributed by atoms with E-state index in [-0.39, 0.29) is 24.9 Å². The Hall–Kier alpha value is -4.45. The number of amides is 2. The van der Waals surface area contributed by atoms with Gasteiger partial charge in [-0.2, -0.15) is 9.61 Å². The van der Waals surface area contributed by atoms with Gasteiger partial charge in [-0.15, -0.1) is 0 Å². The number of aliphatic hydroxyl groups excluding tert-OH is 1. The Morgan fingerprint density at radius 1 is 1.04 bits per heavy atom. The van der Waals surface area contributed by atoms with E-state index in [9.17, 15) is 14.7 Å². The van der Waals surface area contributed by atoms with Crippen molar-refractivity contribution >= 4 is 40.4 Å². The SMILES string of the molecule is CC(C)c1cnn2c(N(Cc3ccc4ccccc4n3)C(=O)OC(C)(C)C)cc(NC[C@H]3CCN(C(=O)OC(C)(C)C)C[C@@H]3O)nc12. The lowest BCUT2D eigenvalue weighted by molar-refractivity contribution is -0.0104. The molecule has 0 unspecified atom stereocenters. The molecule has 0 bridgehead atoms. The molecule has 4 aromatic rings. The predicted molar refractivity (Wildman–Crippen MR) is 182 cm³/mol.